The first-order chi connectivity index (χ1) is 11.4. The van der Waals surface area contributed by atoms with E-state index in [0.29, 0.717) is 24.0 Å². The maximum Gasteiger partial charge on any atom is 0.573 e. The molecule has 0 N–H and O–H groups in total. The van der Waals surface area contributed by atoms with Crippen LogP contribution in [0.4, 0.5) is 13.2 Å². The van der Waals surface area contributed by atoms with Crippen LogP contribution in [0.1, 0.15) is 38.2 Å². The van der Waals surface area contributed by atoms with Gasteiger partial charge in [0.1, 0.15) is 11.5 Å². The smallest absolute Gasteiger partial charge is 0.496 e. The molecule has 0 fully saturated rings. The first-order valence-corrected chi connectivity index (χ1v) is 7.69. The van der Waals surface area contributed by atoms with Crippen LogP contribution in [0.2, 0.25) is 0 Å². The lowest BCUT2D eigenvalue weighted by atomic mass is 9.87. The second-order valence-corrected chi connectivity index (χ2v) is 5.29. The number of hydrogen-bond acceptors (Lipinski definition) is 4. The molecule has 0 saturated carbocycles. The van der Waals surface area contributed by atoms with Gasteiger partial charge in [0, 0.05) is 17.2 Å². The minimum absolute atomic E-state index is 0.232. The highest BCUT2D eigenvalue weighted by atomic mass is 19.4. The Labute approximate surface area is 138 Å². The minimum atomic E-state index is -4.77. The van der Waals surface area contributed by atoms with E-state index < -0.39 is 6.36 Å². The number of carbonyl (C=O) groups is 1. The maximum absolute atomic E-state index is 12.4. The van der Waals surface area contributed by atoms with E-state index in [1.807, 2.05) is 0 Å². The summed E-state index contributed by atoms with van der Waals surface area (Å²) < 4.78 is 51.3. The number of rotatable bonds is 5. The summed E-state index contributed by atoms with van der Waals surface area (Å²) in [6.07, 6.45) is -1.79. The number of ether oxygens (including phenoxy) is 3. The van der Waals surface area contributed by atoms with Crippen LogP contribution in [-0.2, 0) is 9.53 Å². The lowest BCUT2D eigenvalue weighted by Gasteiger charge is -2.21. The number of methoxy groups -OCH3 is 1. The molecule has 1 aliphatic carbocycles. The van der Waals surface area contributed by atoms with Gasteiger partial charge in [0.15, 0.2) is 0 Å². The van der Waals surface area contributed by atoms with Gasteiger partial charge in [-0.05, 0) is 50.3 Å². The van der Waals surface area contributed by atoms with Gasteiger partial charge in [-0.2, -0.15) is 0 Å². The van der Waals surface area contributed by atoms with E-state index >= 15 is 0 Å². The topological polar surface area (TPSA) is 44.8 Å². The van der Waals surface area contributed by atoms with E-state index in [9.17, 15) is 18.0 Å². The van der Waals surface area contributed by atoms with Crippen molar-refractivity contribution in [3.05, 3.63) is 29.3 Å². The molecule has 4 nitrogen and oxygen atoms in total. The molecule has 0 saturated heterocycles. The SMILES string of the molecule is CCOC(=O)C1=C(c2ccc(OC(F)(F)F)cc2OC)CCCC1. The van der Waals surface area contributed by atoms with E-state index in [-0.39, 0.29) is 24.1 Å². The molecule has 0 spiro atoms. The third kappa shape index (κ3) is 4.43. The molecule has 1 aromatic carbocycles. The lowest BCUT2D eigenvalue weighted by molar-refractivity contribution is -0.274. The van der Waals surface area contributed by atoms with Crippen molar-refractivity contribution in [2.45, 2.75) is 39.0 Å². The van der Waals surface area contributed by atoms with Crippen LogP contribution < -0.4 is 9.47 Å². The molecule has 1 aliphatic rings. The third-order valence-electron chi connectivity index (χ3n) is 3.72. The van der Waals surface area contributed by atoms with E-state index in [2.05, 4.69) is 4.74 Å². The van der Waals surface area contributed by atoms with Crippen LogP contribution >= 0.6 is 0 Å². The predicted molar refractivity (Wildman–Crippen MR) is 81.7 cm³/mol. The zero-order valence-electron chi connectivity index (χ0n) is 13.5. The molecule has 0 amide bonds. The predicted octanol–water partition coefficient (Wildman–Crippen LogP) is 4.48. The Kier molecular flexibility index (Phi) is 5.75. The first kappa shape index (κ1) is 18.2. The average molecular weight is 344 g/mol. The fourth-order valence-corrected chi connectivity index (χ4v) is 2.76. The van der Waals surface area contributed by atoms with E-state index in [1.165, 1.54) is 25.3 Å². The summed E-state index contributed by atoms with van der Waals surface area (Å²) in [5.74, 6) is -0.516. The Bertz CT molecular complexity index is 635. The highest BCUT2D eigenvalue weighted by Crippen LogP contribution is 2.39. The molecule has 1 aromatic rings. The number of allylic oxidation sites excluding steroid dienone is 1. The van der Waals surface area contributed by atoms with Gasteiger partial charge in [-0.15, -0.1) is 13.2 Å². The van der Waals surface area contributed by atoms with Crippen LogP contribution in [-0.4, -0.2) is 26.0 Å². The molecule has 24 heavy (non-hydrogen) atoms. The van der Waals surface area contributed by atoms with Crippen LogP contribution in [0.25, 0.3) is 5.57 Å². The number of halogens is 3. The molecule has 0 atom stereocenters. The summed E-state index contributed by atoms with van der Waals surface area (Å²) in [5, 5.41) is 0. The Morgan fingerprint density at radius 2 is 1.92 bits per heavy atom. The summed E-state index contributed by atoms with van der Waals surface area (Å²) >= 11 is 0. The van der Waals surface area contributed by atoms with Gasteiger partial charge in [-0.1, -0.05) is 0 Å². The Balaban J connectivity index is 2.43. The van der Waals surface area contributed by atoms with Gasteiger partial charge in [0.2, 0.25) is 0 Å². The highest BCUT2D eigenvalue weighted by molar-refractivity contribution is 5.98. The molecular formula is C17H19F3O4. The Morgan fingerprint density at radius 1 is 1.21 bits per heavy atom. The van der Waals surface area contributed by atoms with Crippen molar-refractivity contribution in [1.29, 1.82) is 0 Å². The van der Waals surface area contributed by atoms with E-state index in [4.69, 9.17) is 9.47 Å². The Morgan fingerprint density at radius 3 is 2.54 bits per heavy atom. The van der Waals surface area contributed by atoms with Crippen molar-refractivity contribution in [3.8, 4) is 11.5 Å². The summed E-state index contributed by atoms with van der Waals surface area (Å²) in [6.45, 7) is 2.00. The molecule has 132 valence electrons. The molecular weight excluding hydrogens is 325 g/mol. The lowest BCUT2D eigenvalue weighted by Crippen LogP contribution is -2.17. The summed E-state index contributed by atoms with van der Waals surface area (Å²) in [4.78, 5) is 12.1. The third-order valence-corrected chi connectivity index (χ3v) is 3.72. The normalized spacial score (nSPS) is 15.2. The molecule has 0 unspecified atom stereocenters. The number of hydrogen-bond donors (Lipinski definition) is 0. The van der Waals surface area contributed by atoms with Gasteiger partial charge in [-0.3, -0.25) is 0 Å². The molecule has 2 rings (SSSR count). The van der Waals surface area contributed by atoms with Gasteiger partial charge < -0.3 is 14.2 Å². The van der Waals surface area contributed by atoms with Gasteiger partial charge in [-0.25, -0.2) is 4.79 Å². The molecule has 0 aliphatic heterocycles. The quantitative estimate of drug-likeness (QED) is 0.739. The number of esters is 1. The van der Waals surface area contributed by atoms with Gasteiger partial charge >= 0.3 is 12.3 Å². The zero-order chi connectivity index (χ0) is 17.7. The molecule has 0 heterocycles. The summed E-state index contributed by atoms with van der Waals surface area (Å²) in [5.41, 5.74) is 1.91. The largest absolute Gasteiger partial charge is 0.573 e. The zero-order valence-corrected chi connectivity index (χ0v) is 13.5. The fourth-order valence-electron chi connectivity index (χ4n) is 2.76. The standard InChI is InChI=1S/C17H19F3O4/c1-3-23-16(21)14-7-5-4-6-12(14)13-9-8-11(10-15(13)22-2)24-17(18,19)20/h8-10H,3-7H2,1-2H3. The molecule has 7 heteroatoms. The summed E-state index contributed by atoms with van der Waals surface area (Å²) in [6, 6.07) is 3.88. The highest BCUT2D eigenvalue weighted by Gasteiger charge is 2.31. The number of benzene rings is 1. The van der Waals surface area contributed by atoms with Gasteiger partial charge in [0.25, 0.3) is 0 Å². The Hall–Kier alpha value is -2.18. The number of alkyl halides is 3. The van der Waals surface area contributed by atoms with Crippen molar-refractivity contribution in [1.82, 2.24) is 0 Å². The number of carbonyl (C=O) groups excluding carboxylic acids is 1. The average Bonchev–Trinajstić information content (AvgIpc) is 2.53. The molecule has 0 bridgehead atoms. The second-order valence-electron chi connectivity index (χ2n) is 5.29. The van der Waals surface area contributed by atoms with E-state index in [0.717, 1.165) is 18.4 Å². The van der Waals surface area contributed by atoms with Crippen LogP contribution in [0.3, 0.4) is 0 Å². The van der Waals surface area contributed by atoms with Crippen molar-refractivity contribution < 1.29 is 32.2 Å². The first-order valence-electron chi connectivity index (χ1n) is 7.69. The maximum atomic E-state index is 12.4. The van der Waals surface area contributed by atoms with E-state index in [1.54, 1.807) is 6.92 Å². The monoisotopic (exact) mass is 344 g/mol. The molecule has 0 aromatic heterocycles. The van der Waals surface area contributed by atoms with Crippen molar-refractivity contribution in [2.75, 3.05) is 13.7 Å². The van der Waals surface area contributed by atoms with Crippen LogP contribution in [0.5, 0.6) is 11.5 Å². The summed E-state index contributed by atoms with van der Waals surface area (Å²) in [7, 11) is 1.36. The molecule has 0 radical (unpaired) electrons. The minimum Gasteiger partial charge on any atom is -0.496 e. The second kappa shape index (κ2) is 7.59. The van der Waals surface area contributed by atoms with Crippen LogP contribution in [0, 0.1) is 0 Å². The van der Waals surface area contributed by atoms with Crippen molar-refractivity contribution in [2.24, 2.45) is 0 Å². The van der Waals surface area contributed by atoms with Crippen molar-refractivity contribution in [3.63, 3.8) is 0 Å². The van der Waals surface area contributed by atoms with Crippen LogP contribution in [0.15, 0.2) is 23.8 Å². The van der Waals surface area contributed by atoms with Crippen molar-refractivity contribution >= 4 is 11.5 Å². The fraction of sp³-hybridized carbons (Fsp3) is 0.471. The van der Waals surface area contributed by atoms with Gasteiger partial charge in [0.05, 0.1) is 13.7 Å².